The third-order valence-electron chi connectivity index (χ3n) is 8.18. The number of imidazole rings is 2. The van der Waals surface area contributed by atoms with Gasteiger partial charge in [-0.25, -0.2) is 24.9 Å². The molecule has 4 aromatic heterocycles. The molecule has 4 bridgehead atoms. The molecule has 4 fully saturated rings. The van der Waals surface area contributed by atoms with E-state index in [0.717, 1.165) is 0 Å². The number of rotatable bonds is 2. The Kier molecular flexibility index (Phi) is 7.08. The summed E-state index contributed by atoms with van der Waals surface area (Å²) in [4.78, 5) is 47.1. The molecule has 242 valence electrons. The van der Waals surface area contributed by atoms with Gasteiger partial charge >= 0.3 is 6.72 Å². The van der Waals surface area contributed by atoms with Crippen LogP contribution in [0.5, 0.6) is 0 Å². The van der Waals surface area contributed by atoms with Gasteiger partial charge in [0.25, 0.3) is 13.0 Å². The van der Waals surface area contributed by atoms with E-state index in [1.54, 1.807) is 11.5 Å². The Morgan fingerprint density at radius 2 is 1.85 bits per heavy atom. The molecule has 10 atom stereocenters. The van der Waals surface area contributed by atoms with Crippen molar-refractivity contribution in [3.8, 4) is 0 Å². The summed E-state index contributed by atoms with van der Waals surface area (Å²) in [5.74, 6) is 0.427. The molecule has 0 aliphatic carbocycles. The van der Waals surface area contributed by atoms with Crippen molar-refractivity contribution in [3.63, 3.8) is 0 Å². The number of aliphatic hydroxyl groups excluding tert-OH is 1. The van der Waals surface area contributed by atoms with Crippen LogP contribution in [0.25, 0.3) is 22.3 Å². The summed E-state index contributed by atoms with van der Waals surface area (Å²) in [5.41, 5.74) is 4.64. The second-order valence-corrected chi connectivity index (χ2v) is 15.5. The van der Waals surface area contributed by atoms with Gasteiger partial charge < -0.3 is 48.5 Å². The summed E-state index contributed by atoms with van der Waals surface area (Å²) in [6.07, 6.45) is -4.52. The fourth-order valence-electron chi connectivity index (χ4n) is 6.09. The number of nitrogen functional groups attached to an aromatic ring is 1. The van der Waals surface area contributed by atoms with Crippen LogP contribution in [0.4, 0.5) is 5.82 Å². The Balaban J connectivity index is 1.14. The molecule has 0 amide bonds. The molecular weight excluding hydrogens is 671 g/mol. The second-order valence-electron chi connectivity index (χ2n) is 11.1. The van der Waals surface area contributed by atoms with Crippen molar-refractivity contribution in [1.82, 2.24) is 39.0 Å². The van der Waals surface area contributed by atoms with E-state index in [2.05, 4.69) is 29.9 Å². The molecule has 46 heavy (non-hydrogen) atoms. The van der Waals surface area contributed by atoms with Crippen LogP contribution in [-0.4, -0.2) is 113 Å². The van der Waals surface area contributed by atoms with E-state index >= 15 is 0 Å². The molecule has 4 saturated heterocycles. The number of ether oxygens (including phenoxy) is 3. The quantitative estimate of drug-likeness (QED) is 0.146. The van der Waals surface area contributed by atoms with Gasteiger partial charge in [0.1, 0.15) is 53.8 Å². The molecule has 4 aliphatic rings. The third kappa shape index (κ3) is 4.87. The van der Waals surface area contributed by atoms with Crippen LogP contribution in [0.15, 0.2) is 23.8 Å². The molecule has 5 N–H and O–H groups in total. The average Bonchev–Trinajstić information content (AvgIpc) is 3.80. The fraction of sp³-hybridized carbons (Fsp3) is 0.545. The molecular formula is C22H24BN9O11P2S. The maximum Gasteiger partial charge on any atom is 0.325 e. The third-order valence-corrected chi connectivity index (χ3v) is 10.7. The van der Waals surface area contributed by atoms with E-state index in [1.807, 2.05) is 0 Å². The lowest BCUT2D eigenvalue weighted by molar-refractivity contribution is -0.183. The number of aromatic amines is 1. The van der Waals surface area contributed by atoms with E-state index in [0.29, 0.717) is 11.2 Å². The number of H-pyrrole nitrogens is 1. The summed E-state index contributed by atoms with van der Waals surface area (Å²) < 4.78 is 58.0. The minimum Gasteiger partial charge on any atom is -0.387 e. The number of nitrogens with two attached hydrogens (primary N) is 1. The van der Waals surface area contributed by atoms with Crippen molar-refractivity contribution in [3.05, 3.63) is 35.2 Å². The number of anilines is 1. The molecule has 8 rings (SSSR count). The molecule has 8 heterocycles. The maximum atomic E-state index is 13.7. The minimum atomic E-state index is -4.53. The molecule has 4 aliphatic heterocycles. The smallest absolute Gasteiger partial charge is 0.325 e. The van der Waals surface area contributed by atoms with Crippen LogP contribution in [0.3, 0.4) is 0 Å². The van der Waals surface area contributed by atoms with Gasteiger partial charge in [-0.2, -0.15) is 0 Å². The van der Waals surface area contributed by atoms with Crippen LogP contribution in [-0.2, 0) is 48.7 Å². The van der Waals surface area contributed by atoms with E-state index in [1.165, 1.54) is 23.5 Å². The first kappa shape index (κ1) is 30.6. The molecule has 20 nitrogen and oxygen atoms in total. The highest BCUT2D eigenvalue weighted by atomic mass is 32.5. The van der Waals surface area contributed by atoms with Crippen molar-refractivity contribution in [1.29, 1.82) is 0 Å². The van der Waals surface area contributed by atoms with E-state index in [9.17, 15) is 19.4 Å². The Bertz CT molecular complexity index is 2030. The van der Waals surface area contributed by atoms with Gasteiger partial charge in [-0.3, -0.25) is 23.0 Å². The Hall–Kier alpha value is -2.72. The molecule has 4 aromatic rings. The first-order valence-electron chi connectivity index (χ1n) is 13.7. The van der Waals surface area contributed by atoms with Gasteiger partial charge in [0.15, 0.2) is 35.1 Å². The van der Waals surface area contributed by atoms with Crippen molar-refractivity contribution in [2.75, 3.05) is 25.6 Å². The summed E-state index contributed by atoms with van der Waals surface area (Å²) >= 11 is 5.35. The first-order chi connectivity index (χ1) is 21.8. The highest BCUT2D eigenvalue weighted by Crippen LogP contribution is 2.58. The SMILES string of the molecule is [B][P@@]1(=O)OCC23COC(C(n4cnc5c(N)ncnc54)O2)C3OP(O)(=S)OCC2OC(n3cnc4c(=O)[nH]c(C)nc43)C(O1)C2O. The molecule has 9 unspecified atom stereocenters. The first-order valence-corrected chi connectivity index (χ1v) is 17.9. The topological polar surface area (TPSA) is 255 Å². The van der Waals surface area contributed by atoms with Gasteiger partial charge in [0, 0.05) is 0 Å². The minimum absolute atomic E-state index is 0.0170. The number of hydrogen-bond acceptors (Lipinski definition) is 17. The number of nitrogens with zero attached hydrogens (tertiary/aromatic N) is 7. The summed E-state index contributed by atoms with van der Waals surface area (Å²) in [5, 5.41) is 11.2. The summed E-state index contributed by atoms with van der Waals surface area (Å²) in [7, 11) is 1.55. The average molecular weight is 695 g/mol. The van der Waals surface area contributed by atoms with Gasteiger partial charge in [-0.1, -0.05) is 0 Å². The zero-order valence-corrected chi connectivity index (χ0v) is 26.2. The molecule has 2 radical (unpaired) electrons. The van der Waals surface area contributed by atoms with Gasteiger partial charge in [0.05, 0.1) is 32.5 Å². The largest absolute Gasteiger partial charge is 0.387 e. The van der Waals surface area contributed by atoms with Crippen LogP contribution < -0.4 is 11.3 Å². The Labute approximate surface area is 263 Å². The van der Waals surface area contributed by atoms with E-state index in [-0.39, 0.29) is 29.4 Å². The van der Waals surface area contributed by atoms with Crippen molar-refractivity contribution in [2.24, 2.45) is 0 Å². The number of nitrogens with one attached hydrogen (secondary N) is 1. The van der Waals surface area contributed by atoms with E-state index in [4.69, 9.17) is 57.4 Å². The predicted molar refractivity (Wildman–Crippen MR) is 157 cm³/mol. The summed E-state index contributed by atoms with van der Waals surface area (Å²) in [6, 6.07) is 0. The lowest BCUT2D eigenvalue weighted by Gasteiger charge is -2.33. The number of aryl methyl sites for hydroxylation is 1. The Morgan fingerprint density at radius 1 is 1.09 bits per heavy atom. The lowest BCUT2D eigenvalue weighted by Crippen LogP contribution is -2.45. The predicted octanol–water partition coefficient (Wildman–Crippen LogP) is -0.915. The second kappa shape index (κ2) is 10.6. The fourth-order valence-corrected chi connectivity index (χ4v) is 8.57. The highest BCUT2D eigenvalue weighted by Gasteiger charge is 2.65. The number of aliphatic hydroxyl groups is 1. The van der Waals surface area contributed by atoms with Crippen LogP contribution in [0.2, 0.25) is 0 Å². The molecule has 0 aromatic carbocycles. The highest BCUT2D eigenvalue weighted by molar-refractivity contribution is 8.07. The normalized spacial score (nSPS) is 39.7. The number of aromatic nitrogens is 8. The van der Waals surface area contributed by atoms with Gasteiger partial charge in [-0.05, 0) is 18.7 Å². The van der Waals surface area contributed by atoms with E-state index < -0.39 is 81.5 Å². The van der Waals surface area contributed by atoms with Crippen LogP contribution >= 0.6 is 14.2 Å². The number of hydrogen-bond donors (Lipinski definition) is 4. The zero-order chi connectivity index (χ0) is 32.2. The van der Waals surface area contributed by atoms with Crippen LogP contribution in [0.1, 0.15) is 18.3 Å². The number of fused-ring (bicyclic) bond motifs is 4. The summed E-state index contributed by atoms with van der Waals surface area (Å²) in [6.45, 7) is -3.69. The standard InChI is InChI=1S/C22H24BN9O11P2S/c1-8-29-18-11(19(34)30-8)28-7-32(18)20-13-12(33)9(40-20)2-38-45(36,46)43-15-14-21(31-6-27-10-16(24)25-5-26-17(10)31)41-22(15,3-37-14)4-39-44(23,35)42-13/h5-7,9,12-15,20-21,33H,2-4H2,1H3,(H,36,46)(H2,24,25,26)(H,29,30,34)/t9?,12?,13?,14?,15?,20?,21?,22?,44-,45?/m1/s1. The van der Waals surface area contributed by atoms with Crippen molar-refractivity contribution in [2.45, 2.75) is 55.5 Å². The molecule has 0 spiro atoms. The van der Waals surface area contributed by atoms with Crippen molar-refractivity contribution < 1.29 is 46.9 Å². The molecule has 0 saturated carbocycles. The monoisotopic (exact) mass is 695 g/mol. The molecule has 24 heteroatoms. The van der Waals surface area contributed by atoms with Crippen LogP contribution in [0, 0.1) is 6.92 Å². The lowest BCUT2D eigenvalue weighted by atomic mass is 10.0. The van der Waals surface area contributed by atoms with Gasteiger partial charge in [-0.15, -0.1) is 0 Å². The Morgan fingerprint density at radius 3 is 2.65 bits per heavy atom. The zero-order valence-electron chi connectivity index (χ0n) is 23.6. The van der Waals surface area contributed by atoms with Gasteiger partial charge in [0.2, 0.25) is 7.57 Å². The van der Waals surface area contributed by atoms with Crippen molar-refractivity contribution >= 4 is 61.7 Å². The maximum absolute atomic E-state index is 13.7.